The lowest BCUT2D eigenvalue weighted by Crippen LogP contribution is -2.37. The number of amides is 1. The van der Waals surface area contributed by atoms with E-state index in [1.165, 1.54) is 0 Å². The molecule has 13 heavy (non-hydrogen) atoms. The maximum atomic E-state index is 11.6. The van der Waals surface area contributed by atoms with Gasteiger partial charge in [-0.05, 0) is 19.8 Å². The first-order chi connectivity index (χ1) is 6.17. The molecule has 0 aromatic carbocycles. The molecule has 0 N–H and O–H groups in total. The van der Waals surface area contributed by atoms with Gasteiger partial charge in [-0.2, -0.15) is 0 Å². The number of alkyl halides is 1. The molecule has 0 heterocycles. The molecule has 1 atom stereocenters. The topological polar surface area (TPSA) is 20.3 Å². The van der Waals surface area contributed by atoms with Crippen molar-refractivity contribution in [3.05, 3.63) is 0 Å². The second-order valence-corrected chi connectivity index (χ2v) is 3.67. The van der Waals surface area contributed by atoms with E-state index < -0.39 is 0 Å². The monoisotopic (exact) mass is 205 g/mol. The molecular formula is C10H20ClNO. The number of nitrogens with zero attached hydrogens (tertiary/aromatic N) is 1. The molecule has 0 spiro atoms. The molecule has 1 unspecified atom stereocenters. The zero-order valence-corrected chi connectivity index (χ0v) is 9.60. The van der Waals surface area contributed by atoms with E-state index in [9.17, 15) is 4.79 Å². The summed E-state index contributed by atoms with van der Waals surface area (Å²) < 4.78 is 0. The van der Waals surface area contributed by atoms with Crippen molar-refractivity contribution in [2.24, 2.45) is 0 Å². The summed E-state index contributed by atoms with van der Waals surface area (Å²) in [5.41, 5.74) is 0. The van der Waals surface area contributed by atoms with Crippen LogP contribution in [0.5, 0.6) is 0 Å². The highest BCUT2D eigenvalue weighted by Gasteiger charge is 2.18. The summed E-state index contributed by atoms with van der Waals surface area (Å²) in [5, 5.41) is -0.336. The highest BCUT2D eigenvalue weighted by molar-refractivity contribution is 6.30. The molecule has 0 radical (unpaired) electrons. The molecular weight excluding hydrogens is 186 g/mol. The lowest BCUT2D eigenvalue weighted by Gasteiger charge is -2.22. The maximum Gasteiger partial charge on any atom is 0.240 e. The SMILES string of the molecule is CCCCN(CC)C(=O)C(Cl)CC. The van der Waals surface area contributed by atoms with Gasteiger partial charge >= 0.3 is 0 Å². The third-order valence-corrected chi connectivity index (χ3v) is 2.60. The first kappa shape index (κ1) is 12.8. The lowest BCUT2D eigenvalue weighted by atomic mass is 10.2. The molecule has 1 amide bonds. The Hall–Kier alpha value is -0.240. The van der Waals surface area contributed by atoms with Gasteiger partial charge < -0.3 is 4.90 Å². The van der Waals surface area contributed by atoms with Crippen LogP contribution < -0.4 is 0 Å². The molecule has 0 aromatic heterocycles. The minimum Gasteiger partial charge on any atom is -0.342 e. The largest absolute Gasteiger partial charge is 0.342 e. The van der Waals surface area contributed by atoms with Crippen LogP contribution in [0.25, 0.3) is 0 Å². The summed E-state index contributed by atoms with van der Waals surface area (Å²) in [4.78, 5) is 13.4. The van der Waals surface area contributed by atoms with E-state index in [2.05, 4.69) is 6.92 Å². The second-order valence-electron chi connectivity index (χ2n) is 3.15. The van der Waals surface area contributed by atoms with E-state index >= 15 is 0 Å². The average Bonchev–Trinajstić information content (AvgIpc) is 2.17. The fourth-order valence-corrected chi connectivity index (χ4v) is 1.28. The van der Waals surface area contributed by atoms with Gasteiger partial charge in [0.15, 0.2) is 0 Å². The molecule has 78 valence electrons. The van der Waals surface area contributed by atoms with E-state index in [1.54, 1.807) is 0 Å². The Balaban J connectivity index is 3.98. The van der Waals surface area contributed by atoms with Crippen molar-refractivity contribution in [3.8, 4) is 0 Å². The van der Waals surface area contributed by atoms with Crippen molar-refractivity contribution in [3.63, 3.8) is 0 Å². The van der Waals surface area contributed by atoms with E-state index in [0.29, 0.717) is 6.42 Å². The number of hydrogen-bond donors (Lipinski definition) is 0. The number of carbonyl (C=O) groups is 1. The molecule has 0 bridgehead atoms. The predicted octanol–water partition coefficient (Wildman–Crippen LogP) is 2.65. The highest BCUT2D eigenvalue weighted by atomic mass is 35.5. The van der Waals surface area contributed by atoms with E-state index in [0.717, 1.165) is 25.9 Å². The van der Waals surface area contributed by atoms with Crippen LogP contribution in [-0.4, -0.2) is 29.3 Å². The summed E-state index contributed by atoms with van der Waals surface area (Å²) in [6, 6.07) is 0. The van der Waals surface area contributed by atoms with E-state index in [1.807, 2.05) is 18.7 Å². The molecule has 3 heteroatoms. The summed E-state index contributed by atoms with van der Waals surface area (Å²) in [7, 11) is 0. The molecule has 0 fully saturated rings. The second kappa shape index (κ2) is 7.19. The van der Waals surface area contributed by atoms with E-state index in [4.69, 9.17) is 11.6 Å². The van der Waals surface area contributed by atoms with Crippen molar-refractivity contribution in [2.75, 3.05) is 13.1 Å². The van der Waals surface area contributed by atoms with Crippen molar-refractivity contribution in [1.82, 2.24) is 4.90 Å². The Morgan fingerprint density at radius 2 is 2.00 bits per heavy atom. The average molecular weight is 206 g/mol. The minimum absolute atomic E-state index is 0.0834. The highest BCUT2D eigenvalue weighted by Crippen LogP contribution is 2.07. The molecule has 0 saturated heterocycles. The number of halogens is 1. The number of unbranched alkanes of at least 4 members (excludes halogenated alkanes) is 1. The first-order valence-electron chi connectivity index (χ1n) is 5.10. The molecule has 0 aromatic rings. The van der Waals surface area contributed by atoms with Gasteiger partial charge in [-0.15, -0.1) is 11.6 Å². The van der Waals surface area contributed by atoms with Crippen LogP contribution >= 0.6 is 11.6 Å². The Morgan fingerprint density at radius 1 is 1.38 bits per heavy atom. The Labute approximate surface area is 86.2 Å². The molecule has 0 rings (SSSR count). The van der Waals surface area contributed by atoms with Crippen LogP contribution in [0, 0.1) is 0 Å². The fraction of sp³-hybridized carbons (Fsp3) is 0.900. The van der Waals surface area contributed by atoms with Crippen LogP contribution in [0.15, 0.2) is 0 Å². The predicted molar refractivity (Wildman–Crippen MR) is 57.1 cm³/mol. The van der Waals surface area contributed by atoms with Crippen LogP contribution in [-0.2, 0) is 4.79 Å². The van der Waals surface area contributed by atoms with Gasteiger partial charge in [0.05, 0.1) is 0 Å². The molecule has 2 nitrogen and oxygen atoms in total. The number of rotatable bonds is 6. The van der Waals surface area contributed by atoms with Gasteiger partial charge in [-0.1, -0.05) is 20.3 Å². The molecule has 0 aliphatic carbocycles. The Bertz CT molecular complexity index is 150. The fourth-order valence-electron chi connectivity index (χ4n) is 1.15. The zero-order valence-electron chi connectivity index (χ0n) is 8.85. The van der Waals surface area contributed by atoms with Gasteiger partial charge in [0.1, 0.15) is 5.38 Å². The number of hydrogen-bond acceptors (Lipinski definition) is 1. The molecule has 0 aliphatic heterocycles. The number of carbonyl (C=O) groups excluding carboxylic acids is 1. The van der Waals surface area contributed by atoms with Crippen molar-refractivity contribution in [2.45, 2.75) is 45.4 Å². The quantitative estimate of drug-likeness (QED) is 0.611. The van der Waals surface area contributed by atoms with Crippen LogP contribution in [0.3, 0.4) is 0 Å². The van der Waals surface area contributed by atoms with Crippen LogP contribution in [0.2, 0.25) is 0 Å². The van der Waals surface area contributed by atoms with Crippen LogP contribution in [0.4, 0.5) is 0 Å². The normalized spacial score (nSPS) is 12.6. The van der Waals surface area contributed by atoms with Crippen molar-refractivity contribution < 1.29 is 4.79 Å². The third-order valence-electron chi connectivity index (χ3n) is 2.10. The van der Waals surface area contributed by atoms with Gasteiger partial charge in [0.2, 0.25) is 5.91 Å². The van der Waals surface area contributed by atoms with Crippen LogP contribution in [0.1, 0.15) is 40.0 Å². The van der Waals surface area contributed by atoms with Gasteiger partial charge in [-0.25, -0.2) is 0 Å². The molecule has 0 aliphatic rings. The van der Waals surface area contributed by atoms with Gasteiger partial charge in [-0.3, -0.25) is 4.79 Å². The Morgan fingerprint density at radius 3 is 2.38 bits per heavy atom. The van der Waals surface area contributed by atoms with E-state index in [-0.39, 0.29) is 11.3 Å². The van der Waals surface area contributed by atoms with Crippen molar-refractivity contribution in [1.29, 1.82) is 0 Å². The summed E-state index contributed by atoms with van der Waals surface area (Å²) in [6.07, 6.45) is 2.89. The van der Waals surface area contributed by atoms with Gasteiger partial charge in [0, 0.05) is 13.1 Å². The first-order valence-corrected chi connectivity index (χ1v) is 5.53. The lowest BCUT2D eigenvalue weighted by molar-refractivity contribution is -0.130. The molecule has 0 saturated carbocycles. The standard InChI is InChI=1S/C10H20ClNO/c1-4-7-8-12(6-3)10(13)9(11)5-2/h9H,4-8H2,1-3H3. The Kier molecular flexibility index (Phi) is 7.06. The zero-order chi connectivity index (χ0) is 10.3. The minimum atomic E-state index is -0.336. The smallest absolute Gasteiger partial charge is 0.240 e. The maximum absolute atomic E-state index is 11.6. The van der Waals surface area contributed by atoms with Gasteiger partial charge in [0.25, 0.3) is 0 Å². The summed E-state index contributed by atoms with van der Waals surface area (Å²) in [5.74, 6) is 0.0834. The summed E-state index contributed by atoms with van der Waals surface area (Å²) in [6.45, 7) is 7.66. The van der Waals surface area contributed by atoms with Crippen molar-refractivity contribution >= 4 is 17.5 Å². The summed E-state index contributed by atoms with van der Waals surface area (Å²) >= 11 is 5.88. The third kappa shape index (κ3) is 4.51.